The number of rotatable bonds is 2. The number of hydrogen-bond donors (Lipinski definition) is 1. The van der Waals surface area contributed by atoms with Crippen LogP contribution in [0.25, 0.3) is 11.2 Å². The number of nitrogens with zero attached hydrogens (tertiary/aromatic N) is 4. The molecule has 5 nitrogen and oxygen atoms in total. The molecule has 0 atom stereocenters. The maximum absolute atomic E-state index is 8.76. The molecule has 0 amide bonds. The van der Waals surface area contributed by atoms with E-state index in [4.69, 9.17) is 16.7 Å². The summed E-state index contributed by atoms with van der Waals surface area (Å²) in [5.74, 6) is 0. The van der Waals surface area contributed by atoms with Gasteiger partial charge in [-0.25, -0.2) is 15.0 Å². The molecule has 0 saturated heterocycles. The number of aliphatic hydroxyl groups excluding tert-OH is 1. The highest BCUT2D eigenvalue weighted by atomic mass is 35.5. The Morgan fingerprint density at radius 3 is 3.00 bits per heavy atom. The summed E-state index contributed by atoms with van der Waals surface area (Å²) in [5, 5.41) is 9.11. The van der Waals surface area contributed by atoms with Crippen molar-refractivity contribution in [2.45, 2.75) is 6.54 Å². The van der Waals surface area contributed by atoms with E-state index in [1.54, 1.807) is 10.9 Å². The summed E-state index contributed by atoms with van der Waals surface area (Å²) in [6.07, 6.45) is 2.95. The molecular formula is C7H7ClN4O. The van der Waals surface area contributed by atoms with Gasteiger partial charge in [-0.15, -0.1) is 0 Å². The fourth-order valence-corrected chi connectivity index (χ4v) is 1.39. The minimum Gasteiger partial charge on any atom is -0.395 e. The molecule has 0 spiro atoms. The maximum atomic E-state index is 8.76. The van der Waals surface area contributed by atoms with E-state index in [1.165, 1.54) is 6.33 Å². The van der Waals surface area contributed by atoms with E-state index in [1.807, 2.05) is 0 Å². The predicted octanol–water partition coefficient (Wildman–Crippen LogP) is 0.472. The molecule has 2 aromatic rings. The Morgan fingerprint density at radius 1 is 1.38 bits per heavy atom. The lowest BCUT2D eigenvalue weighted by Crippen LogP contribution is -2.00. The number of aliphatic hydroxyl groups is 1. The third-order valence-corrected chi connectivity index (χ3v) is 1.98. The minimum atomic E-state index is 0.0384. The van der Waals surface area contributed by atoms with Crippen molar-refractivity contribution in [2.75, 3.05) is 6.61 Å². The molecule has 13 heavy (non-hydrogen) atoms. The summed E-state index contributed by atoms with van der Waals surface area (Å²) in [5.41, 5.74) is 1.21. The van der Waals surface area contributed by atoms with Crippen molar-refractivity contribution < 1.29 is 5.11 Å². The van der Waals surface area contributed by atoms with Gasteiger partial charge in [0.15, 0.2) is 10.8 Å². The quantitative estimate of drug-likeness (QED) is 0.713. The minimum absolute atomic E-state index is 0.0384. The van der Waals surface area contributed by atoms with Gasteiger partial charge in [-0.3, -0.25) is 0 Å². The second kappa shape index (κ2) is 3.27. The van der Waals surface area contributed by atoms with E-state index in [-0.39, 0.29) is 6.61 Å². The first kappa shape index (κ1) is 8.40. The van der Waals surface area contributed by atoms with Crippen LogP contribution in [0.4, 0.5) is 0 Å². The number of halogens is 1. The zero-order valence-electron chi connectivity index (χ0n) is 6.68. The van der Waals surface area contributed by atoms with E-state index in [0.29, 0.717) is 22.9 Å². The molecule has 6 heteroatoms. The summed E-state index contributed by atoms with van der Waals surface area (Å²) < 4.78 is 1.72. The van der Waals surface area contributed by atoms with E-state index < -0.39 is 0 Å². The van der Waals surface area contributed by atoms with Crippen LogP contribution in [0.2, 0.25) is 5.15 Å². The fourth-order valence-electron chi connectivity index (χ4n) is 1.15. The average molecular weight is 199 g/mol. The summed E-state index contributed by atoms with van der Waals surface area (Å²) in [6, 6.07) is 0. The standard InChI is InChI=1S/C7H7ClN4O/c8-6-5-7(10-3-9-6)11-4-12(5)1-2-13/h3-4,13H,1-2H2. The summed E-state index contributed by atoms with van der Waals surface area (Å²) in [4.78, 5) is 11.8. The third kappa shape index (κ3) is 1.36. The molecule has 2 rings (SSSR count). The van der Waals surface area contributed by atoms with Crippen molar-refractivity contribution >= 4 is 22.8 Å². The van der Waals surface area contributed by atoms with Crippen molar-refractivity contribution in [1.29, 1.82) is 0 Å². The Balaban J connectivity index is 2.64. The smallest absolute Gasteiger partial charge is 0.182 e. The summed E-state index contributed by atoms with van der Waals surface area (Å²) in [7, 11) is 0. The zero-order valence-corrected chi connectivity index (χ0v) is 7.44. The first-order chi connectivity index (χ1) is 6.33. The van der Waals surface area contributed by atoms with Crippen LogP contribution in [0, 0.1) is 0 Å². The van der Waals surface area contributed by atoms with Gasteiger partial charge in [0.2, 0.25) is 0 Å². The number of hydrogen-bond acceptors (Lipinski definition) is 4. The van der Waals surface area contributed by atoms with Crippen molar-refractivity contribution in [3.63, 3.8) is 0 Å². The molecule has 0 aliphatic heterocycles. The average Bonchev–Trinajstić information content (AvgIpc) is 2.51. The molecule has 1 N–H and O–H groups in total. The van der Waals surface area contributed by atoms with E-state index in [2.05, 4.69) is 15.0 Å². The van der Waals surface area contributed by atoms with E-state index >= 15 is 0 Å². The van der Waals surface area contributed by atoms with Gasteiger partial charge in [-0.1, -0.05) is 11.6 Å². The van der Waals surface area contributed by atoms with Gasteiger partial charge in [-0.2, -0.15) is 0 Å². The molecule has 0 aromatic carbocycles. The van der Waals surface area contributed by atoms with Gasteiger partial charge in [0.1, 0.15) is 11.8 Å². The lowest BCUT2D eigenvalue weighted by atomic mass is 10.5. The van der Waals surface area contributed by atoms with Gasteiger partial charge in [0.05, 0.1) is 12.9 Å². The lowest BCUT2D eigenvalue weighted by molar-refractivity contribution is 0.278. The van der Waals surface area contributed by atoms with Crippen LogP contribution in [0.3, 0.4) is 0 Å². The van der Waals surface area contributed by atoms with Crippen LogP contribution < -0.4 is 0 Å². The number of fused-ring (bicyclic) bond motifs is 1. The molecular weight excluding hydrogens is 192 g/mol. The van der Waals surface area contributed by atoms with E-state index in [0.717, 1.165) is 0 Å². The van der Waals surface area contributed by atoms with E-state index in [9.17, 15) is 0 Å². The highest BCUT2D eigenvalue weighted by molar-refractivity contribution is 6.33. The van der Waals surface area contributed by atoms with Crippen LogP contribution in [0.5, 0.6) is 0 Å². The van der Waals surface area contributed by atoms with Crippen molar-refractivity contribution in [1.82, 2.24) is 19.5 Å². The monoisotopic (exact) mass is 198 g/mol. The van der Waals surface area contributed by atoms with Crippen LogP contribution in [-0.2, 0) is 6.54 Å². The van der Waals surface area contributed by atoms with Crippen LogP contribution in [0.1, 0.15) is 0 Å². The lowest BCUT2D eigenvalue weighted by Gasteiger charge is -2.00. The van der Waals surface area contributed by atoms with Crippen molar-refractivity contribution in [3.8, 4) is 0 Å². The number of aromatic nitrogens is 4. The Hall–Kier alpha value is -1.20. The summed E-state index contributed by atoms with van der Waals surface area (Å²) in [6.45, 7) is 0.486. The van der Waals surface area contributed by atoms with Crippen LogP contribution in [0.15, 0.2) is 12.7 Å². The normalized spacial score (nSPS) is 10.9. The highest BCUT2D eigenvalue weighted by Crippen LogP contribution is 2.17. The SMILES string of the molecule is OCCn1cnc2ncnc(Cl)c21. The van der Waals surface area contributed by atoms with Gasteiger partial charge in [0.25, 0.3) is 0 Å². The van der Waals surface area contributed by atoms with Gasteiger partial charge in [-0.05, 0) is 0 Å². The number of imidazole rings is 1. The molecule has 0 unspecified atom stereocenters. The molecule has 0 aliphatic carbocycles. The molecule has 2 heterocycles. The van der Waals surface area contributed by atoms with Gasteiger partial charge in [0, 0.05) is 6.54 Å². The highest BCUT2D eigenvalue weighted by Gasteiger charge is 2.07. The fraction of sp³-hybridized carbons (Fsp3) is 0.286. The second-order valence-electron chi connectivity index (χ2n) is 2.50. The Kier molecular flexibility index (Phi) is 2.12. The first-order valence-electron chi connectivity index (χ1n) is 3.75. The van der Waals surface area contributed by atoms with Gasteiger partial charge < -0.3 is 9.67 Å². The molecule has 2 aromatic heterocycles. The largest absolute Gasteiger partial charge is 0.395 e. The predicted molar refractivity (Wildman–Crippen MR) is 47.4 cm³/mol. The molecule has 68 valence electrons. The maximum Gasteiger partial charge on any atom is 0.182 e. The molecule has 0 saturated carbocycles. The Bertz CT molecular complexity index is 427. The van der Waals surface area contributed by atoms with Crippen molar-refractivity contribution in [2.24, 2.45) is 0 Å². The molecule has 0 aliphatic rings. The summed E-state index contributed by atoms with van der Waals surface area (Å²) >= 11 is 5.85. The Morgan fingerprint density at radius 2 is 2.23 bits per heavy atom. The first-order valence-corrected chi connectivity index (χ1v) is 4.13. The van der Waals surface area contributed by atoms with Crippen LogP contribution in [-0.4, -0.2) is 31.2 Å². The Labute approximate surface area is 79.0 Å². The molecule has 0 bridgehead atoms. The van der Waals surface area contributed by atoms with Crippen LogP contribution >= 0.6 is 11.6 Å². The van der Waals surface area contributed by atoms with Gasteiger partial charge >= 0.3 is 0 Å². The van der Waals surface area contributed by atoms with Crippen molar-refractivity contribution in [3.05, 3.63) is 17.8 Å². The zero-order chi connectivity index (χ0) is 9.26. The molecule has 0 radical (unpaired) electrons. The second-order valence-corrected chi connectivity index (χ2v) is 2.86. The third-order valence-electron chi connectivity index (χ3n) is 1.71. The molecule has 0 fully saturated rings. The topological polar surface area (TPSA) is 63.8 Å².